The third-order valence-electron chi connectivity index (χ3n) is 5.47. The first-order chi connectivity index (χ1) is 14.2. The van der Waals surface area contributed by atoms with Gasteiger partial charge in [0.25, 0.3) is 0 Å². The zero-order valence-corrected chi connectivity index (χ0v) is 18.9. The van der Waals surface area contributed by atoms with Crippen molar-refractivity contribution in [2.45, 2.75) is 90.4 Å². The predicted molar refractivity (Wildman–Crippen MR) is 118 cm³/mol. The van der Waals surface area contributed by atoms with Gasteiger partial charge in [0.05, 0.1) is 19.8 Å². The zero-order chi connectivity index (χ0) is 20.8. The molecule has 0 aliphatic carbocycles. The molecule has 2 rings (SSSR count). The van der Waals surface area contributed by atoms with Crippen molar-refractivity contribution in [1.82, 2.24) is 0 Å². The molecule has 0 N–H and O–H groups in total. The van der Waals surface area contributed by atoms with Crippen LogP contribution >= 0.6 is 0 Å². The highest BCUT2D eigenvalue weighted by Crippen LogP contribution is 2.34. The molecule has 1 aromatic carbocycles. The average molecular weight is 407 g/mol. The Morgan fingerprint density at radius 3 is 2.31 bits per heavy atom. The lowest BCUT2D eigenvalue weighted by molar-refractivity contribution is -0.247. The van der Waals surface area contributed by atoms with Crippen LogP contribution in [-0.4, -0.2) is 39.1 Å². The maximum absolute atomic E-state index is 6.25. The molecule has 1 saturated heterocycles. The van der Waals surface area contributed by atoms with Gasteiger partial charge >= 0.3 is 0 Å². The van der Waals surface area contributed by atoms with E-state index in [9.17, 15) is 0 Å². The molecule has 0 aromatic heterocycles. The molecule has 0 saturated carbocycles. The fourth-order valence-electron chi connectivity index (χ4n) is 3.81. The van der Waals surface area contributed by atoms with Gasteiger partial charge in [0.15, 0.2) is 5.79 Å². The van der Waals surface area contributed by atoms with Crippen molar-refractivity contribution < 1.29 is 18.9 Å². The van der Waals surface area contributed by atoms with Crippen LogP contribution < -0.4 is 0 Å². The van der Waals surface area contributed by atoms with Gasteiger partial charge < -0.3 is 18.9 Å². The summed E-state index contributed by atoms with van der Waals surface area (Å²) in [6.45, 7) is 9.93. The lowest BCUT2D eigenvalue weighted by Gasteiger charge is -2.34. The highest BCUT2D eigenvalue weighted by Gasteiger charge is 2.33. The summed E-state index contributed by atoms with van der Waals surface area (Å²) >= 11 is 0. The second-order valence-corrected chi connectivity index (χ2v) is 7.97. The number of hydrogen-bond acceptors (Lipinski definition) is 4. The summed E-state index contributed by atoms with van der Waals surface area (Å²) in [6.07, 6.45) is 11.1. The molecular weight excluding hydrogens is 364 g/mol. The highest BCUT2D eigenvalue weighted by atomic mass is 16.7. The minimum atomic E-state index is -0.633. The minimum Gasteiger partial charge on any atom is -0.378 e. The topological polar surface area (TPSA) is 40.2 Å². The SMILES string of the molecule is CCCCCCCCCC(OCC)(OCC)c1cccc(CCOCC2CO2)c1. The molecule has 1 fully saturated rings. The van der Waals surface area contributed by atoms with Gasteiger partial charge in [0, 0.05) is 25.2 Å². The molecule has 4 heteroatoms. The monoisotopic (exact) mass is 406 g/mol. The van der Waals surface area contributed by atoms with E-state index in [1.165, 1.54) is 44.1 Å². The van der Waals surface area contributed by atoms with E-state index in [1.54, 1.807) is 0 Å². The maximum atomic E-state index is 6.25. The number of benzene rings is 1. The summed E-state index contributed by atoms with van der Waals surface area (Å²) in [4.78, 5) is 0. The van der Waals surface area contributed by atoms with Gasteiger partial charge in [0.1, 0.15) is 6.10 Å². The van der Waals surface area contributed by atoms with Crippen molar-refractivity contribution in [3.8, 4) is 0 Å². The Hall–Kier alpha value is -0.940. The van der Waals surface area contributed by atoms with Crippen LogP contribution in [0, 0.1) is 0 Å². The van der Waals surface area contributed by atoms with Crippen molar-refractivity contribution in [3.05, 3.63) is 35.4 Å². The Balaban J connectivity index is 1.92. The fourth-order valence-corrected chi connectivity index (χ4v) is 3.81. The highest BCUT2D eigenvalue weighted by molar-refractivity contribution is 5.27. The zero-order valence-electron chi connectivity index (χ0n) is 18.9. The van der Waals surface area contributed by atoms with Crippen LogP contribution in [-0.2, 0) is 31.2 Å². The lowest BCUT2D eigenvalue weighted by atomic mass is 9.95. The van der Waals surface area contributed by atoms with Crippen LogP contribution in [0.3, 0.4) is 0 Å². The quantitative estimate of drug-likeness (QED) is 0.170. The van der Waals surface area contributed by atoms with Crippen molar-refractivity contribution in [1.29, 1.82) is 0 Å². The Morgan fingerprint density at radius 2 is 1.66 bits per heavy atom. The summed E-state index contributed by atoms with van der Waals surface area (Å²) in [6, 6.07) is 8.67. The van der Waals surface area contributed by atoms with Crippen LogP contribution in [0.4, 0.5) is 0 Å². The summed E-state index contributed by atoms with van der Waals surface area (Å²) in [5.74, 6) is -0.633. The second-order valence-electron chi connectivity index (χ2n) is 7.97. The van der Waals surface area contributed by atoms with Gasteiger partial charge in [-0.1, -0.05) is 69.7 Å². The molecule has 1 heterocycles. The molecule has 0 radical (unpaired) electrons. The van der Waals surface area contributed by atoms with Gasteiger partial charge in [0.2, 0.25) is 0 Å². The van der Waals surface area contributed by atoms with Gasteiger partial charge in [-0.15, -0.1) is 0 Å². The van der Waals surface area contributed by atoms with Gasteiger partial charge in [-0.3, -0.25) is 0 Å². The molecule has 0 bridgehead atoms. The molecule has 4 nitrogen and oxygen atoms in total. The number of ether oxygens (including phenoxy) is 4. The third kappa shape index (κ3) is 9.17. The van der Waals surface area contributed by atoms with Crippen molar-refractivity contribution in [2.75, 3.05) is 33.0 Å². The minimum absolute atomic E-state index is 0.326. The number of rotatable bonds is 18. The first kappa shape index (κ1) is 24.3. The molecule has 1 aliphatic rings. The molecule has 166 valence electrons. The molecule has 1 unspecified atom stereocenters. The Kier molecular flexibility index (Phi) is 11.9. The normalized spacial score (nSPS) is 16.3. The maximum Gasteiger partial charge on any atom is 0.194 e. The van der Waals surface area contributed by atoms with Crippen LogP contribution in [0.25, 0.3) is 0 Å². The van der Waals surface area contributed by atoms with Gasteiger partial charge in [-0.25, -0.2) is 0 Å². The van der Waals surface area contributed by atoms with Crippen molar-refractivity contribution >= 4 is 0 Å². The van der Waals surface area contributed by atoms with E-state index in [1.807, 2.05) is 0 Å². The summed E-state index contributed by atoms with van der Waals surface area (Å²) in [5, 5.41) is 0. The van der Waals surface area contributed by atoms with E-state index in [2.05, 4.69) is 45.0 Å². The van der Waals surface area contributed by atoms with Crippen LogP contribution in [0.5, 0.6) is 0 Å². The van der Waals surface area contributed by atoms with Crippen molar-refractivity contribution in [3.63, 3.8) is 0 Å². The summed E-state index contributed by atoms with van der Waals surface area (Å²) in [5.41, 5.74) is 2.40. The fraction of sp³-hybridized carbons (Fsp3) is 0.760. The molecule has 0 amide bonds. The van der Waals surface area contributed by atoms with Crippen LogP contribution in [0.2, 0.25) is 0 Å². The van der Waals surface area contributed by atoms with E-state index in [-0.39, 0.29) is 0 Å². The summed E-state index contributed by atoms with van der Waals surface area (Å²) in [7, 11) is 0. The number of hydrogen-bond donors (Lipinski definition) is 0. The average Bonchev–Trinajstić information content (AvgIpc) is 3.55. The van der Waals surface area contributed by atoms with Gasteiger partial charge in [-0.05, 0) is 32.3 Å². The van der Waals surface area contributed by atoms with E-state index in [0.29, 0.717) is 25.9 Å². The molecular formula is C25H42O4. The molecule has 1 aromatic rings. The molecule has 0 spiro atoms. The molecule has 29 heavy (non-hydrogen) atoms. The second kappa shape index (κ2) is 14.1. The number of unbranched alkanes of at least 4 members (excludes halogenated alkanes) is 6. The van der Waals surface area contributed by atoms with E-state index in [4.69, 9.17) is 18.9 Å². The van der Waals surface area contributed by atoms with E-state index >= 15 is 0 Å². The van der Waals surface area contributed by atoms with Crippen LogP contribution in [0.1, 0.15) is 83.3 Å². The molecule has 1 aliphatic heterocycles. The summed E-state index contributed by atoms with van der Waals surface area (Å²) < 4.78 is 23.4. The molecule has 1 atom stereocenters. The van der Waals surface area contributed by atoms with Crippen molar-refractivity contribution in [2.24, 2.45) is 0 Å². The van der Waals surface area contributed by atoms with E-state index in [0.717, 1.165) is 38.0 Å². The standard InChI is InChI=1S/C25H42O4/c1-4-7-8-9-10-11-12-17-25(28-5-2,29-6-3)23-15-13-14-22(19-23)16-18-26-20-24-21-27-24/h13-15,19,24H,4-12,16-18,20-21H2,1-3H3. The van der Waals surface area contributed by atoms with Crippen LogP contribution in [0.15, 0.2) is 24.3 Å². The largest absolute Gasteiger partial charge is 0.378 e. The third-order valence-corrected chi connectivity index (χ3v) is 5.47. The Bertz CT molecular complexity index is 535. The first-order valence-corrected chi connectivity index (χ1v) is 11.8. The van der Waals surface area contributed by atoms with Gasteiger partial charge in [-0.2, -0.15) is 0 Å². The first-order valence-electron chi connectivity index (χ1n) is 11.8. The lowest BCUT2D eigenvalue weighted by Crippen LogP contribution is -2.33. The smallest absolute Gasteiger partial charge is 0.194 e. The Labute approximate surface area is 178 Å². The number of epoxide rings is 1. The van der Waals surface area contributed by atoms with E-state index < -0.39 is 5.79 Å². The Morgan fingerprint density at radius 1 is 0.966 bits per heavy atom. The predicted octanol–water partition coefficient (Wildman–Crippen LogP) is 6.01.